The van der Waals surface area contributed by atoms with Crippen molar-refractivity contribution in [3.63, 3.8) is 0 Å². The first-order valence-electron chi connectivity index (χ1n) is 6.75. The molecule has 3 aromatic rings. The van der Waals surface area contributed by atoms with Gasteiger partial charge in [0, 0.05) is 27.6 Å². The molecular weight excluding hydrogens is 387 g/mol. The summed E-state index contributed by atoms with van der Waals surface area (Å²) in [6, 6.07) is 9.33. The van der Waals surface area contributed by atoms with E-state index in [-0.39, 0.29) is 12.4 Å². The number of halogens is 3. The van der Waals surface area contributed by atoms with Crippen LogP contribution in [0.15, 0.2) is 50.1 Å². The van der Waals surface area contributed by atoms with E-state index < -0.39 is 5.63 Å². The van der Waals surface area contributed by atoms with Crippen LogP contribution in [0, 0.1) is 12.7 Å². The third kappa shape index (κ3) is 3.41. The smallest absolute Gasteiger partial charge is 0.336 e. The molecule has 1 aromatic heterocycles. The Bertz CT molecular complexity index is 952. The fraction of sp³-hybridized carbons (Fsp3) is 0.118. The quantitative estimate of drug-likeness (QED) is 0.568. The highest BCUT2D eigenvalue weighted by Gasteiger charge is 2.10. The van der Waals surface area contributed by atoms with Crippen LogP contribution in [0.25, 0.3) is 11.0 Å². The van der Waals surface area contributed by atoms with Gasteiger partial charge in [-0.05, 0) is 30.7 Å². The maximum atomic E-state index is 13.8. The maximum Gasteiger partial charge on any atom is 0.336 e. The fourth-order valence-corrected chi connectivity index (χ4v) is 2.78. The second kappa shape index (κ2) is 6.34. The van der Waals surface area contributed by atoms with Crippen molar-refractivity contribution in [2.75, 3.05) is 0 Å². The van der Waals surface area contributed by atoms with E-state index in [1.54, 1.807) is 31.2 Å². The first-order chi connectivity index (χ1) is 10.9. The molecule has 0 atom stereocenters. The van der Waals surface area contributed by atoms with E-state index in [1.165, 1.54) is 12.1 Å². The predicted octanol–water partition coefficient (Wildman–Crippen LogP) is 5.24. The Labute approximate surface area is 144 Å². The molecule has 0 aliphatic rings. The summed E-state index contributed by atoms with van der Waals surface area (Å²) in [5, 5.41) is 1.10. The van der Waals surface area contributed by atoms with Crippen molar-refractivity contribution in [1.82, 2.24) is 0 Å². The lowest BCUT2D eigenvalue weighted by Crippen LogP contribution is -2.01. The van der Waals surface area contributed by atoms with E-state index in [2.05, 4.69) is 15.9 Å². The van der Waals surface area contributed by atoms with Gasteiger partial charge in [-0.2, -0.15) is 0 Å². The van der Waals surface area contributed by atoms with Crippen LogP contribution in [0.4, 0.5) is 4.39 Å². The van der Waals surface area contributed by atoms with E-state index in [0.717, 1.165) is 10.9 Å². The van der Waals surface area contributed by atoms with E-state index in [0.29, 0.717) is 26.4 Å². The maximum absolute atomic E-state index is 13.8. The largest absolute Gasteiger partial charge is 0.487 e. The minimum atomic E-state index is -0.442. The van der Waals surface area contributed by atoms with Crippen molar-refractivity contribution in [2.45, 2.75) is 13.5 Å². The molecule has 3 rings (SSSR count). The topological polar surface area (TPSA) is 39.4 Å². The van der Waals surface area contributed by atoms with Gasteiger partial charge < -0.3 is 9.15 Å². The fourth-order valence-electron chi connectivity index (χ4n) is 2.22. The molecule has 0 spiro atoms. The molecule has 2 aromatic carbocycles. The summed E-state index contributed by atoms with van der Waals surface area (Å²) in [6.45, 7) is 1.81. The summed E-state index contributed by atoms with van der Waals surface area (Å²) in [5.41, 5.74) is 1.10. The van der Waals surface area contributed by atoms with Crippen molar-refractivity contribution in [3.05, 3.63) is 73.3 Å². The number of fused-ring (bicyclic) bond motifs is 1. The predicted molar refractivity (Wildman–Crippen MR) is 90.7 cm³/mol. The summed E-state index contributed by atoms with van der Waals surface area (Å²) < 4.78 is 25.2. The molecule has 0 amide bonds. The molecule has 118 valence electrons. The molecule has 0 N–H and O–H groups in total. The highest BCUT2D eigenvalue weighted by Crippen LogP contribution is 2.31. The molecule has 3 nitrogen and oxygen atoms in total. The van der Waals surface area contributed by atoms with E-state index in [9.17, 15) is 9.18 Å². The summed E-state index contributed by atoms with van der Waals surface area (Å²) in [5.74, 6) is -0.0473. The number of ether oxygens (including phenoxy) is 1. The molecule has 23 heavy (non-hydrogen) atoms. The van der Waals surface area contributed by atoms with E-state index >= 15 is 0 Å². The van der Waals surface area contributed by atoms with Crippen LogP contribution in [0.3, 0.4) is 0 Å². The van der Waals surface area contributed by atoms with Crippen LogP contribution in [0.1, 0.15) is 11.1 Å². The van der Waals surface area contributed by atoms with Crippen molar-refractivity contribution in [1.29, 1.82) is 0 Å². The zero-order valence-corrected chi connectivity index (χ0v) is 14.4. The highest BCUT2D eigenvalue weighted by molar-refractivity contribution is 9.10. The van der Waals surface area contributed by atoms with Crippen LogP contribution >= 0.6 is 27.5 Å². The summed E-state index contributed by atoms with van der Waals surface area (Å²) in [4.78, 5) is 11.5. The van der Waals surface area contributed by atoms with Gasteiger partial charge in [0.15, 0.2) is 0 Å². The summed E-state index contributed by atoms with van der Waals surface area (Å²) in [7, 11) is 0. The molecule has 0 aliphatic carbocycles. The van der Waals surface area contributed by atoms with Crippen LogP contribution < -0.4 is 10.4 Å². The third-order valence-corrected chi connectivity index (χ3v) is 4.19. The molecule has 0 saturated heterocycles. The number of hydrogen-bond acceptors (Lipinski definition) is 3. The minimum Gasteiger partial charge on any atom is -0.487 e. The first kappa shape index (κ1) is 16.0. The number of aryl methyl sites for hydroxylation is 1. The normalized spacial score (nSPS) is 11.0. The van der Waals surface area contributed by atoms with E-state index in [1.807, 2.05) is 0 Å². The number of benzene rings is 2. The van der Waals surface area contributed by atoms with Gasteiger partial charge in [0.25, 0.3) is 0 Å². The number of rotatable bonds is 3. The van der Waals surface area contributed by atoms with Crippen molar-refractivity contribution in [2.24, 2.45) is 0 Å². The molecular formula is C17H11BrClFO3. The van der Waals surface area contributed by atoms with Crippen LogP contribution in [-0.4, -0.2) is 0 Å². The Balaban J connectivity index is 1.93. The molecule has 1 heterocycles. The van der Waals surface area contributed by atoms with Gasteiger partial charge >= 0.3 is 5.63 Å². The van der Waals surface area contributed by atoms with Gasteiger partial charge in [0.05, 0.1) is 5.02 Å². The molecule has 0 aliphatic heterocycles. The Hall–Kier alpha value is -1.85. The average Bonchev–Trinajstić information content (AvgIpc) is 2.47. The van der Waals surface area contributed by atoms with Crippen LogP contribution in [0.2, 0.25) is 5.02 Å². The van der Waals surface area contributed by atoms with Crippen LogP contribution in [-0.2, 0) is 6.61 Å². The molecule has 0 fully saturated rings. The standard InChI is InChI=1S/C17H11BrClFO3/c1-9-4-17(21)23-15-7-16(13(19)6-12(9)15)22-8-10-2-3-11(18)5-14(10)20/h2-7H,8H2,1H3. The molecule has 6 heteroatoms. The Morgan fingerprint density at radius 1 is 1.26 bits per heavy atom. The molecule has 0 bridgehead atoms. The lowest BCUT2D eigenvalue weighted by Gasteiger charge is -2.10. The number of hydrogen-bond donors (Lipinski definition) is 0. The second-order valence-electron chi connectivity index (χ2n) is 5.05. The average molecular weight is 398 g/mol. The Morgan fingerprint density at radius 3 is 2.78 bits per heavy atom. The van der Waals surface area contributed by atoms with Crippen molar-refractivity contribution in [3.8, 4) is 5.75 Å². The molecule has 0 unspecified atom stereocenters. The highest BCUT2D eigenvalue weighted by atomic mass is 79.9. The SMILES string of the molecule is Cc1cc(=O)oc2cc(OCc3ccc(Br)cc3F)c(Cl)cc12. The van der Waals surface area contributed by atoms with Gasteiger partial charge in [0.1, 0.15) is 23.8 Å². The van der Waals surface area contributed by atoms with E-state index in [4.69, 9.17) is 20.8 Å². The second-order valence-corrected chi connectivity index (χ2v) is 6.37. The first-order valence-corrected chi connectivity index (χ1v) is 7.92. The Morgan fingerprint density at radius 2 is 2.04 bits per heavy atom. The van der Waals surface area contributed by atoms with Gasteiger partial charge in [-0.1, -0.05) is 33.6 Å². The van der Waals surface area contributed by atoms with Crippen molar-refractivity contribution >= 4 is 38.5 Å². The van der Waals surface area contributed by atoms with Crippen molar-refractivity contribution < 1.29 is 13.5 Å². The Kier molecular flexibility index (Phi) is 4.41. The van der Waals surface area contributed by atoms with Gasteiger partial charge in [-0.3, -0.25) is 0 Å². The van der Waals surface area contributed by atoms with Gasteiger partial charge in [-0.25, -0.2) is 9.18 Å². The lowest BCUT2D eigenvalue weighted by atomic mass is 10.1. The zero-order chi connectivity index (χ0) is 16.6. The lowest BCUT2D eigenvalue weighted by molar-refractivity contribution is 0.300. The van der Waals surface area contributed by atoms with Gasteiger partial charge in [-0.15, -0.1) is 0 Å². The minimum absolute atomic E-state index is 0.0143. The van der Waals surface area contributed by atoms with Gasteiger partial charge in [0.2, 0.25) is 0 Å². The van der Waals surface area contributed by atoms with Crippen LogP contribution in [0.5, 0.6) is 5.75 Å². The molecule has 0 saturated carbocycles. The summed E-state index contributed by atoms with van der Waals surface area (Å²) >= 11 is 9.40. The molecule has 0 radical (unpaired) electrons. The zero-order valence-electron chi connectivity index (χ0n) is 12.0. The summed E-state index contributed by atoms with van der Waals surface area (Å²) in [6.07, 6.45) is 0. The third-order valence-electron chi connectivity index (χ3n) is 3.40. The monoisotopic (exact) mass is 396 g/mol.